The van der Waals surface area contributed by atoms with Crippen molar-refractivity contribution in [3.05, 3.63) is 83.9 Å². The van der Waals surface area contributed by atoms with Gasteiger partial charge in [-0.1, -0.05) is 62.1 Å². The van der Waals surface area contributed by atoms with Crippen LogP contribution in [0.5, 0.6) is 5.75 Å². The minimum Gasteiger partial charge on any atom is -0.481 e. The lowest BCUT2D eigenvalue weighted by atomic mass is 10.0. The topological polar surface area (TPSA) is 35.5 Å². The van der Waals surface area contributed by atoms with Crippen LogP contribution in [0.4, 0.5) is 0 Å². The van der Waals surface area contributed by atoms with Gasteiger partial charge in [-0.2, -0.15) is 0 Å². The first kappa shape index (κ1) is 25.9. The number of carbonyl (C=O) groups excluding carboxylic acids is 1. The highest BCUT2D eigenvalue weighted by atomic mass is 32.2. The Morgan fingerprint density at radius 3 is 1.92 bits per heavy atom. The lowest BCUT2D eigenvalue weighted by Crippen LogP contribution is -2.33. The highest BCUT2D eigenvalue weighted by molar-refractivity contribution is 7.97. The second-order valence-electron chi connectivity index (χ2n) is 9.71. The van der Waals surface area contributed by atoms with Gasteiger partial charge in [0.25, 0.3) is 0 Å². The van der Waals surface area contributed by atoms with E-state index in [0.29, 0.717) is 0 Å². The van der Waals surface area contributed by atoms with E-state index in [1.54, 1.807) is 0 Å². The highest BCUT2D eigenvalue weighted by Crippen LogP contribution is 2.36. The van der Waals surface area contributed by atoms with E-state index in [-0.39, 0.29) is 29.4 Å². The van der Waals surface area contributed by atoms with Crippen molar-refractivity contribution in [3.8, 4) is 17.6 Å². The van der Waals surface area contributed by atoms with E-state index in [1.165, 1.54) is 14.7 Å². The molecule has 0 radical (unpaired) electrons. The van der Waals surface area contributed by atoms with E-state index in [2.05, 4.69) is 86.4 Å². The Balaban J connectivity index is 1.53. The Labute approximate surface area is 218 Å². The van der Waals surface area contributed by atoms with Crippen molar-refractivity contribution in [1.82, 2.24) is 0 Å². The van der Waals surface area contributed by atoms with Gasteiger partial charge in [0.15, 0.2) is 26.9 Å². The second-order valence-corrected chi connectivity index (χ2v) is 11.7. The summed E-state index contributed by atoms with van der Waals surface area (Å²) >= 11 is 0. The van der Waals surface area contributed by atoms with Crippen LogP contribution in [0.25, 0.3) is 0 Å². The van der Waals surface area contributed by atoms with Crippen LogP contribution in [0.2, 0.25) is 0 Å². The van der Waals surface area contributed by atoms with Crippen molar-refractivity contribution >= 4 is 16.9 Å². The molecule has 1 fully saturated rings. The molecule has 0 bridgehead atoms. The van der Waals surface area contributed by atoms with Gasteiger partial charge in [0.1, 0.15) is 5.75 Å². The van der Waals surface area contributed by atoms with E-state index >= 15 is 0 Å². The van der Waals surface area contributed by atoms with Crippen LogP contribution in [0.3, 0.4) is 0 Å². The molecule has 3 nitrogen and oxygen atoms in total. The predicted octanol–water partition coefficient (Wildman–Crippen LogP) is 7.29. The van der Waals surface area contributed by atoms with Gasteiger partial charge in [-0.05, 0) is 74.9 Å². The molecule has 0 saturated heterocycles. The molecule has 36 heavy (non-hydrogen) atoms. The number of hydrogen-bond donors (Lipinski definition) is 0. The van der Waals surface area contributed by atoms with Crippen LogP contribution >= 0.6 is 0 Å². The molecule has 4 heteroatoms. The van der Waals surface area contributed by atoms with Gasteiger partial charge in [-0.15, -0.1) is 0 Å². The molecule has 0 spiro atoms. The lowest BCUT2D eigenvalue weighted by Gasteiger charge is -2.23. The average molecular weight is 500 g/mol. The molecule has 186 valence electrons. The Morgan fingerprint density at radius 1 is 0.889 bits per heavy atom. The summed E-state index contributed by atoms with van der Waals surface area (Å²) in [4.78, 5) is 16.5. The molecule has 1 saturated carbocycles. The fraction of sp³-hybridized carbons (Fsp3) is 0.344. The van der Waals surface area contributed by atoms with Crippen LogP contribution in [0.1, 0.15) is 50.7 Å². The maximum atomic E-state index is 12.8. The average Bonchev–Trinajstić information content (AvgIpc) is 3.32. The molecule has 0 atom stereocenters. The molecule has 1 aliphatic rings. The number of hydrogen-bond acceptors (Lipinski definition) is 3. The summed E-state index contributed by atoms with van der Waals surface area (Å²) in [5.41, 5.74) is 1.37. The van der Waals surface area contributed by atoms with Gasteiger partial charge < -0.3 is 9.47 Å². The Morgan fingerprint density at radius 2 is 1.42 bits per heavy atom. The fourth-order valence-corrected chi connectivity index (χ4v) is 6.89. The molecule has 0 amide bonds. The molecule has 0 aliphatic heterocycles. The number of ether oxygens (including phenoxy) is 2. The maximum absolute atomic E-state index is 12.8. The third-order valence-corrected chi connectivity index (χ3v) is 8.47. The zero-order valence-electron chi connectivity index (χ0n) is 21.7. The zero-order chi connectivity index (χ0) is 25.5. The van der Waals surface area contributed by atoms with Gasteiger partial charge in [0.2, 0.25) is 0 Å². The van der Waals surface area contributed by atoms with Gasteiger partial charge >= 0.3 is 5.97 Å². The third-order valence-electron chi connectivity index (χ3n) is 6.27. The first-order chi connectivity index (χ1) is 17.4. The van der Waals surface area contributed by atoms with Crippen molar-refractivity contribution in [3.63, 3.8) is 0 Å². The second kappa shape index (κ2) is 11.7. The van der Waals surface area contributed by atoms with E-state index in [0.717, 1.165) is 42.6 Å². The number of aryl methyl sites for hydroxylation is 2. The predicted molar refractivity (Wildman–Crippen MR) is 146 cm³/mol. The largest absolute Gasteiger partial charge is 0.481 e. The normalized spacial score (nSPS) is 14.4. The first-order valence-electron chi connectivity index (χ1n) is 12.7. The summed E-state index contributed by atoms with van der Waals surface area (Å²) in [5, 5.41) is 0. The van der Waals surface area contributed by atoms with Gasteiger partial charge in [-0.25, -0.2) is 4.79 Å². The fourth-order valence-electron chi connectivity index (χ4n) is 4.63. The van der Waals surface area contributed by atoms with Gasteiger partial charge in [0.05, 0.1) is 10.9 Å². The van der Waals surface area contributed by atoms with Crippen LogP contribution in [0, 0.1) is 31.6 Å². The molecule has 0 heterocycles. The third kappa shape index (κ3) is 6.33. The van der Waals surface area contributed by atoms with Crippen molar-refractivity contribution in [2.75, 3.05) is 6.61 Å². The van der Waals surface area contributed by atoms with Crippen LogP contribution in [-0.4, -0.2) is 18.2 Å². The van der Waals surface area contributed by atoms with Crippen molar-refractivity contribution in [1.29, 1.82) is 0 Å². The van der Waals surface area contributed by atoms with Crippen LogP contribution in [0.15, 0.2) is 87.5 Å². The molecule has 4 rings (SSSR count). The quantitative estimate of drug-likeness (QED) is 0.194. The zero-order valence-corrected chi connectivity index (χ0v) is 22.5. The molecule has 1 aliphatic carbocycles. The number of carbonyl (C=O) groups is 1. The molecular weight excluding hydrogens is 464 g/mol. The molecule has 0 aromatic heterocycles. The number of rotatable bonds is 7. The molecule has 0 unspecified atom stereocenters. The van der Waals surface area contributed by atoms with E-state index in [4.69, 9.17) is 9.47 Å². The minimum atomic E-state index is -0.654. The maximum Gasteiger partial charge on any atom is 0.345 e. The SMILES string of the molecule is Cc1cc([S+](c2ccccc2)c2ccccc2)cc(C)c1OCC(=O)OC1(C#CC(C)C)CCCC1. The number of benzene rings is 3. The Kier molecular flexibility index (Phi) is 8.44. The van der Waals surface area contributed by atoms with Crippen LogP contribution in [-0.2, 0) is 20.4 Å². The van der Waals surface area contributed by atoms with Crippen molar-refractivity contribution in [2.24, 2.45) is 5.92 Å². The van der Waals surface area contributed by atoms with E-state index in [1.807, 2.05) is 26.0 Å². The lowest BCUT2D eigenvalue weighted by molar-refractivity contribution is -0.156. The molecular formula is C32H35O3S+. The number of esters is 1. The van der Waals surface area contributed by atoms with Gasteiger partial charge in [-0.3, -0.25) is 0 Å². The molecule has 0 N–H and O–H groups in total. The van der Waals surface area contributed by atoms with Gasteiger partial charge in [0, 0.05) is 18.1 Å². The Hall–Kier alpha value is -3.16. The van der Waals surface area contributed by atoms with Crippen molar-refractivity contribution in [2.45, 2.75) is 73.7 Å². The van der Waals surface area contributed by atoms with E-state index in [9.17, 15) is 4.79 Å². The summed E-state index contributed by atoms with van der Waals surface area (Å²) in [6.07, 6.45) is 3.66. The molecule has 3 aromatic rings. The minimum absolute atomic E-state index is 0.116. The summed E-state index contributed by atoms with van der Waals surface area (Å²) in [6, 6.07) is 25.5. The first-order valence-corrected chi connectivity index (χ1v) is 13.9. The van der Waals surface area contributed by atoms with Crippen LogP contribution < -0.4 is 4.74 Å². The summed E-state index contributed by atoms with van der Waals surface area (Å²) in [5.74, 6) is 7.09. The highest BCUT2D eigenvalue weighted by Gasteiger charge is 2.36. The molecule has 3 aromatic carbocycles. The summed E-state index contributed by atoms with van der Waals surface area (Å²) in [6.45, 7) is 8.07. The summed E-state index contributed by atoms with van der Waals surface area (Å²) in [7, 11) is -0.234. The van der Waals surface area contributed by atoms with E-state index < -0.39 is 5.60 Å². The van der Waals surface area contributed by atoms with Crippen molar-refractivity contribution < 1.29 is 14.3 Å². The summed E-state index contributed by atoms with van der Waals surface area (Å²) < 4.78 is 11.9. The smallest absolute Gasteiger partial charge is 0.345 e. The Bertz CT molecular complexity index is 1170. The standard InChI is InChI=1S/C32H35O3S/c1-24(2)17-20-32(18-11-12-19-32)35-30(33)23-34-31-25(3)21-29(22-26(31)4)36(27-13-7-5-8-14-27)28-15-9-6-10-16-28/h5-10,13-16,21-22,24H,11-12,18-19,23H2,1-4H3/q+1. The monoisotopic (exact) mass is 499 g/mol.